The molecule has 3 heterocycles. The summed E-state index contributed by atoms with van der Waals surface area (Å²) in [6.45, 7) is 4.32. The number of para-hydroxylation sites is 3. The van der Waals surface area contributed by atoms with Gasteiger partial charge in [-0.1, -0.05) is 158 Å². The van der Waals surface area contributed by atoms with Crippen molar-refractivity contribution in [3.05, 3.63) is 246 Å². The normalized spacial score (nSPS) is 13.7. The Bertz CT molecular complexity index is 4180. The van der Waals surface area contributed by atoms with Crippen LogP contribution in [0.1, 0.15) is 35.2 Å². The largest absolute Gasteiger partial charge is 0.344 e. The maximum absolute atomic E-state index is 5.09. The van der Waals surface area contributed by atoms with Crippen molar-refractivity contribution in [1.29, 1.82) is 0 Å². The van der Waals surface area contributed by atoms with E-state index in [2.05, 4.69) is 226 Å². The minimum Gasteiger partial charge on any atom is -0.344 e. The van der Waals surface area contributed by atoms with Crippen LogP contribution < -0.4 is 0 Å². The standard InChI is InChI=1S/C66H48N6/c1-67-65(46-18-6-3-7-19-46)69-66(47-20-8-4-9-21-47)68-43-44-30-32-45(33-31-44)48-34-38-62(72-60-28-16-13-24-52(60)53-25-14-17-29-61(53)72)56(40-48)49-35-39-63-57(41-49)54-22-10-5-11-27-59(54)71(63)50-36-37-55-51-23-12-15-26-58(51)70(2)64(55)42-50/h3,5-8,10,12-42H,1,4,9,43H2,2H3/b68-66-,69-65-. The Morgan fingerprint density at radius 1 is 0.569 bits per heavy atom. The van der Waals surface area contributed by atoms with Gasteiger partial charge in [0.25, 0.3) is 0 Å². The quantitative estimate of drug-likeness (QED) is 0.0828. The number of aromatic nitrogens is 3. The van der Waals surface area contributed by atoms with Gasteiger partial charge in [-0.25, -0.2) is 9.98 Å². The highest BCUT2D eigenvalue weighted by Crippen LogP contribution is 2.42. The third-order valence-corrected chi connectivity index (χ3v) is 14.4. The Balaban J connectivity index is 0.939. The van der Waals surface area contributed by atoms with Crippen LogP contribution in [0.5, 0.6) is 0 Å². The number of aliphatic imine (C=N–C) groups is 3. The molecule has 0 spiro atoms. The van der Waals surface area contributed by atoms with E-state index in [0.29, 0.717) is 18.2 Å². The monoisotopic (exact) mass is 924 g/mol. The maximum atomic E-state index is 5.09. The molecule has 8 aromatic carbocycles. The van der Waals surface area contributed by atoms with Crippen molar-refractivity contribution in [1.82, 2.24) is 13.7 Å². The molecule has 2 aliphatic rings. The van der Waals surface area contributed by atoms with Crippen LogP contribution in [0.25, 0.3) is 100 Å². The van der Waals surface area contributed by atoms with Gasteiger partial charge in [-0.2, -0.15) is 0 Å². The summed E-state index contributed by atoms with van der Waals surface area (Å²) in [7, 11) is 2.16. The smallest absolute Gasteiger partial charge is 0.161 e. The number of fused-ring (bicyclic) bond motifs is 9. The molecule has 0 saturated carbocycles. The van der Waals surface area contributed by atoms with Crippen molar-refractivity contribution < 1.29 is 0 Å². The second-order valence-electron chi connectivity index (χ2n) is 18.5. The van der Waals surface area contributed by atoms with E-state index in [1.807, 2.05) is 36.4 Å². The minimum atomic E-state index is 0.473. The number of allylic oxidation sites excluding steroid dienone is 4. The van der Waals surface area contributed by atoms with Gasteiger partial charge < -0.3 is 13.7 Å². The van der Waals surface area contributed by atoms with Gasteiger partial charge in [0.1, 0.15) is 0 Å². The Labute approximate surface area is 417 Å². The molecule has 13 rings (SSSR count). The van der Waals surface area contributed by atoms with Crippen LogP contribution in [-0.4, -0.2) is 32.1 Å². The molecule has 0 atom stereocenters. The molecular formula is C66H48N6. The number of amidine groups is 2. The summed E-state index contributed by atoms with van der Waals surface area (Å²) in [4.78, 5) is 14.4. The van der Waals surface area contributed by atoms with Crippen molar-refractivity contribution in [2.45, 2.75) is 19.4 Å². The molecule has 0 amide bonds. The molecule has 6 heteroatoms. The molecular weight excluding hydrogens is 877 g/mol. The maximum Gasteiger partial charge on any atom is 0.161 e. The second-order valence-corrected chi connectivity index (χ2v) is 18.5. The van der Waals surface area contributed by atoms with Gasteiger partial charge in [0.15, 0.2) is 11.7 Å². The summed E-state index contributed by atoms with van der Waals surface area (Å²) in [5.74, 6) is 1.21. The molecule has 0 N–H and O–H groups in total. The molecule has 2 aliphatic carbocycles. The fourth-order valence-corrected chi connectivity index (χ4v) is 10.9. The molecule has 0 fully saturated rings. The summed E-state index contributed by atoms with van der Waals surface area (Å²) >= 11 is 0. The number of benzene rings is 8. The lowest BCUT2D eigenvalue weighted by Gasteiger charge is -2.17. The Hall–Kier alpha value is -9.35. The Morgan fingerprint density at radius 3 is 2.00 bits per heavy atom. The minimum absolute atomic E-state index is 0.473. The highest BCUT2D eigenvalue weighted by molar-refractivity contribution is 6.14. The van der Waals surface area contributed by atoms with Gasteiger partial charge in [0, 0.05) is 73.5 Å². The molecule has 0 unspecified atom stereocenters. The van der Waals surface area contributed by atoms with Crippen LogP contribution in [0.2, 0.25) is 0 Å². The summed E-state index contributed by atoms with van der Waals surface area (Å²) < 4.78 is 7.14. The summed E-state index contributed by atoms with van der Waals surface area (Å²) in [5, 5.41) is 6.15. The van der Waals surface area contributed by atoms with E-state index in [0.717, 1.165) is 74.4 Å². The molecule has 6 nitrogen and oxygen atoms in total. The van der Waals surface area contributed by atoms with E-state index in [1.54, 1.807) is 0 Å². The molecule has 0 radical (unpaired) electrons. The van der Waals surface area contributed by atoms with Crippen LogP contribution >= 0.6 is 0 Å². The van der Waals surface area contributed by atoms with Gasteiger partial charge in [0.2, 0.25) is 0 Å². The lowest BCUT2D eigenvalue weighted by Crippen LogP contribution is -2.07. The Kier molecular flexibility index (Phi) is 10.6. The molecule has 0 aliphatic heterocycles. The van der Waals surface area contributed by atoms with Gasteiger partial charge in [-0.15, -0.1) is 5.73 Å². The number of rotatable bonds is 8. The molecule has 0 bridgehead atoms. The number of hydrogen-bond acceptors (Lipinski definition) is 1. The van der Waals surface area contributed by atoms with E-state index in [-0.39, 0.29) is 0 Å². The first-order chi connectivity index (χ1) is 35.6. The lowest BCUT2D eigenvalue weighted by molar-refractivity contribution is 1.01. The van der Waals surface area contributed by atoms with Crippen molar-refractivity contribution in [3.63, 3.8) is 0 Å². The van der Waals surface area contributed by atoms with Crippen LogP contribution in [0.3, 0.4) is 0 Å². The van der Waals surface area contributed by atoms with Crippen molar-refractivity contribution in [2.75, 3.05) is 0 Å². The fraction of sp³-hybridized carbons (Fsp3) is 0.0606. The van der Waals surface area contributed by atoms with E-state index in [1.165, 1.54) is 54.6 Å². The van der Waals surface area contributed by atoms with E-state index in [9.17, 15) is 0 Å². The zero-order chi connectivity index (χ0) is 48.1. The highest BCUT2D eigenvalue weighted by atomic mass is 15.0. The van der Waals surface area contributed by atoms with E-state index < -0.39 is 0 Å². The fourth-order valence-electron chi connectivity index (χ4n) is 10.9. The lowest BCUT2D eigenvalue weighted by atomic mass is 9.95. The first kappa shape index (κ1) is 42.7. The van der Waals surface area contributed by atoms with Gasteiger partial charge in [0.05, 0.1) is 40.0 Å². The second kappa shape index (κ2) is 17.9. The first-order valence-corrected chi connectivity index (χ1v) is 24.6. The molecule has 342 valence electrons. The van der Waals surface area contributed by atoms with Gasteiger partial charge in [-0.05, 0) is 102 Å². The highest BCUT2D eigenvalue weighted by Gasteiger charge is 2.21. The van der Waals surface area contributed by atoms with Gasteiger partial charge in [-0.3, -0.25) is 4.99 Å². The van der Waals surface area contributed by atoms with E-state index in [4.69, 9.17) is 9.98 Å². The summed E-state index contributed by atoms with van der Waals surface area (Å²) in [6.07, 6.45) is 16.9. The average Bonchev–Trinajstić information content (AvgIpc) is 3.96. The SMILES string of the molecule is C=N/C(=N\C(=N/Cc1ccc(-c2ccc(-n3c4ccccc4c4ccccc43)c(-c3ccc4c(c3)c3c(n4-c4ccc5c6ccccc6n(C)c5c4)C=C=CC=C3)c2)cc1)C1=CCCC=C1)c1ccccc1. The third kappa shape index (κ3) is 7.32. The molecule has 0 saturated heterocycles. The zero-order valence-corrected chi connectivity index (χ0v) is 39.9. The molecule has 72 heavy (non-hydrogen) atoms. The number of hydrogen-bond donors (Lipinski definition) is 0. The molecule has 3 aromatic heterocycles. The van der Waals surface area contributed by atoms with Crippen molar-refractivity contribution >= 4 is 85.1 Å². The first-order valence-electron chi connectivity index (χ1n) is 24.6. The van der Waals surface area contributed by atoms with Gasteiger partial charge >= 0.3 is 0 Å². The third-order valence-electron chi connectivity index (χ3n) is 14.4. The van der Waals surface area contributed by atoms with Crippen molar-refractivity contribution in [2.24, 2.45) is 22.0 Å². The summed E-state index contributed by atoms with van der Waals surface area (Å²) in [5.41, 5.74) is 21.4. The van der Waals surface area contributed by atoms with Crippen molar-refractivity contribution in [3.8, 4) is 33.6 Å². The Morgan fingerprint density at radius 2 is 1.25 bits per heavy atom. The zero-order valence-electron chi connectivity index (χ0n) is 39.9. The number of aryl methyl sites for hydroxylation is 1. The topological polar surface area (TPSA) is 51.9 Å². The van der Waals surface area contributed by atoms with Crippen LogP contribution in [-0.2, 0) is 13.6 Å². The summed E-state index contributed by atoms with van der Waals surface area (Å²) in [6, 6.07) is 65.7. The average molecular weight is 925 g/mol. The predicted molar refractivity (Wildman–Crippen MR) is 304 cm³/mol. The molecule has 11 aromatic rings. The van der Waals surface area contributed by atoms with E-state index >= 15 is 0 Å². The van der Waals surface area contributed by atoms with Crippen LogP contribution in [0.4, 0.5) is 0 Å². The predicted octanol–water partition coefficient (Wildman–Crippen LogP) is 16.2. The van der Waals surface area contributed by atoms with Crippen LogP contribution in [0, 0.1) is 0 Å². The van der Waals surface area contributed by atoms with Crippen LogP contribution in [0.15, 0.2) is 239 Å². The number of nitrogens with zero attached hydrogens (tertiary/aromatic N) is 6.